The number of likely N-dealkylation sites (tertiary alicyclic amines) is 1. The van der Waals surface area contributed by atoms with Gasteiger partial charge in [0.15, 0.2) is 0 Å². The zero-order valence-electron chi connectivity index (χ0n) is 14.2. The van der Waals surface area contributed by atoms with Crippen LogP contribution in [-0.2, 0) is 10.0 Å². The Kier molecular flexibility index (Phi) is 6.87. The predicted octanol–water partition coefficient (Wildman–Crippen LogP) is 2.58. The van der Waals surface area contributed by atoms with Gasteiger partial charge in [-0.2, -0.15) is 0 Å². The van der Waals surface area contributed by atoms with Crippen LogP contribution in [0.4, 0.5) is 5.69 Å². The Morgan fingerprint density at radius 2 is 1.83 bits per heavy atom. The van der Waals surface area contributed by atoms with Crippen molar-refractivity contribution in [1.82, 2.24) is 10.2 Å². The van der Waals surface area contributed by atoms with E-state index in [0.717, 1.165) is 6.54 Å². The zero-order chi connectivity index (χ0) is 16.7. The highest BCUT2D eigenvalue weighted by Gasteiger charge is 2.11. The number of hydrogen-bond acceptors (Lipinski definition) is 4. The van der Waals surface area contributed by atoms with E-state index in [-0.39, 0.29) is 11.8 Å². The number of benzene rings is 1. The summed E-state index contributed by atoms with van der Waals surface area (Å²) in [5.41, 5.74) is 1.79. The minimum Gasteiger partial charge on any atom is -0.310 e. The fourth-order valence-electron chi connectivity index (χ4n) is 2.84. The average Bonchev–Trinajstić information content (AvgIpc) is 3.05. The molecular formula is C17H29N3O2S. The number of hydrogen-bond donors (Lipinski definition) is 2. The van der Waals surface area contributed by atoms with Crippen molar-refractivity contribution < 1.29 is 8.42 Å². The summed E-state index contributed by atoms with van der Waals surface area (Å²) in [4.78, 5) is 2.53. The summed E-state index contributed by atoms with van der Waals surface area (Å²) in [6.07, 6.45) is 3.86. The Hall–Kier alpha value is -1.11. The van der Waals surface area contributed by atoms with Crippen LogP contribution in [0.25, 0.3) is 0 Å². The standard InChI is InChI=1S/C17H29N3O2S/c1-3-23(21,22)19-17-9-7-16(8-10-17)15(2)18-11-6-14-20-12-4-5-13-20/h7-10,15,18-19H,3-6,11-14H2,1-2H3/t15-/m0/s1. The highest BCUT2D eigenvalue weighted by Crippen LogP contribution is 2.17. The van der Waals surface area contributed by atoms with Gasteiger partial charge in [0.2, 0.25) is 10.0 Å². The van der Waals surface area contributed by atoms with Gasteiger partial charge in [-0.1, -0.05) is 12.1 Å². The molecule has 1 atom stereocenters. The summed E-state index contributed by atoms with van der Waals surface area (Å²) < 4.78 is 25.7. The molecule has 0 radical (unpaired) electrons. The highest BCUT2D eigenvalue weighted by molar-refractivity contribution is 7.92. The molecule has 0 saturated carbocycles. The van der Waals surface area contributed by atoms with E-state index < -0.39 is 10.0 Å². The van der Waals surface area contributed by atoms with Crippen LogP contribution in [0, 0.1) is 0 Å². The van der Waals surface area contributed by atoms with Gasteiger partial charge < -0.3 is 10.2 Å². The Balaban J connectivity index is 1.74. The number of sulfonamides is 1. The minimum atomic E-state index is -3.20. The third-order valence-electron chi connectivity index (χ3n) is 4.36. The Labute approximate surface area is 140 Å². The lowest BCUT2D eigenvalue weighted by Gasteiger charge is -2.17. The second-order valence-electron chi connectivity index (χ2n) is 6.21. The summed E-state index contributed by atoms with van der Waals surface area (Å²) in [6.45, 7) is 8.46. The topological polar surface area (TPSA) is 61.4 Å². The van der Waals surface area contributed by atoms with Gasteiger partial charge in [-0.3, -0.25) is 4.72 Å². The van der Waals surface area contributed by atoms with E-state index in [1.54, 1.807) is 6.92 Å². The largest absolute Gasteiger partial charge is 0.310 e. The van der Waals surface area contributed by atoms with Gasteiger partial charge in [-0.25, -0.2) is 8.42 Å². The zero-order valence-corrected chi connectivity index (χ0v) is 15.0. The maximum absolute atomic E-state index is 11.5. The van der Waals surface area contributed by atoms with Gasteiger partial charge >= 0.3 is 0 Å². The van der Waals surface area contributed by atoms with Crippen molar-refractivity contribution in [2.24, 2.45) is 0 Å². The van der Waals surface area contributed by atoms with E-state index in [0.29, 0.717) is 5.69 Å². The summed E-state index contributed by atoms with van der Waals surface area (Å²) >= 11 is 0. The van der Waals surface area contributed by atoms with Crippen LogP contribution in [0.15, 0.2) is 24.3 Å². The normalized spacial score (nSPS) is 17.3. The lowest BCUT2D eigenvalue weighted by molar-refractivity contribution is 0.328. The predicted molar refractivity (Wildman–Crippen MR) is 96.2 cm³/mol. The van der Waals surface area contributed by atoms with Crippen molar-refractivity contribution in [1.29, 1.82) is 0 Å². The molecule has 1 fully saturated rings. The molecule has 0 bridgehead atoms. The summed E-state index contributed by atoms with van der Waals surface area (Å²) in [5, 5.41) is 3.54. The average molecular weight is 340 g/mol. The number of nitrogens with zero attached hydrogens (tertiary/aromatic N) is 1. The molecule has 2 rings (SSSR count). The van der Waals surface area contributed by atoms with Gasteiger partial charge in [0, 0.05) is 11.7 Å². The monoisotopic (exact) mass is 339 g/mol. The first kappa shape index (κ1) is 18.2. The van der Waals surface area contributed by atoms with Crippen molar-refractivity contribution in [3.05, 3.63) is 29.8 Å². The Morgan fingerprint density at radius 1 is 1.17 bits per heavy atom. The number of rotatable bonds is 9. The Morgan fingerprint density at radius 3 is 2.43 bits per heavy atom. The number of nitrogens with one attached hydrogen (secondary N) is 2. The van der Waals surface area contributed by atoms with E-state index in [4.69, 9.17) is 0 Å². The molecule has 1 aliphatic heterocycles. The van der Waals surface area contributed by atoms with Crippen LogP contribution in [0.3, 0.4) is 0 Å². The molecule has 130 valence electrons. The summed E-state index contributed by atoms with van der Waals surface area (Å²) in [7, 11) is -3.20. The van der Waals surface area contributed by atoms with Crippen LogP contribution >= 0.6 is 0 Å². The summed E-state index contributed by atoms with van der Waals surface area (Å²) in [6, 6.07) is 7.87. The van der Waals surface area contributed by atoms with Crippen LogP contribution in [0.5, 0.6) is 0 Å². The molecule has 6 heteroatoms. The van der Waals surface area contributed by atoms with Gasteiger partial charge in [0.25, 0.3) is 0 Å². The van der Waals surface area contributed by atoms with Crippen LogP contribution in [0.1, 0.15) is 44.7 Å². The third-order valence-corrected chi connectivity index (χ3v) is 5.67. The number of anilines is 1. The molecule has 1 heterocycles. The summed E-state index contributed by atoms with van der Waals surface area (Å²) in [5.74, 6) is 0.0870. The quantitative estimate of drug-likeness (QED) is 0.679. The molecule has 23 heavy (non-hydrogen) atoms. The van der Waals surface area contributed by atoms with Crippen LogP contribution in [0.2, 0.25) is 0 Å². The second-order valence-corrected chi connectivity index (χ2v) is 8.22. The van der Waals surface area contributed by atoms with E-state index >= 15 is 0 Å². The molecule has 0 aromatic heterocycles. The first-order valence-corrected chi connectivity index (χ1v) is 10.2. The maximum atomic E-state index is 11.5. The molecule has 0 amide bonds. The molecule has 1 saturated heterocycles. The molecule has 0 spiro atoms. The van der Waals surface area contributed by atoms with Gasteiger partial charge in [0.1, 0.15) is 0 Å². The van der Waals surface area contributed by atoms with Gasteiger partial charge in [0.05, 0.1) is 5.75 Å². The Bertz CT molecular complexity index is 566. The molecular weight excluding hydrogens is 310 g/mol. The van der Waals surface area contributed by atoms with Crippen molar-refractivity contribution in [3.63, 3.8) is 0 Å². The van der Waals surface area contributed by atoms with Crippen LogP contribution < -0.4 is 10.0 Å². The van der Waals surface area contributed by atoms with Crippen molar-refractivity contribution in [2.75, 3.05) is 36.7 Å². The maximum Gasteiger partial charge on any atom is 0.232 e. The molecule has 2 N–H and O–H groups in total. The fourth-order valence-corrected chi connectivity index (χ4v) is 3.48. The lowest BCUT2D eigenvalue weighted by atomic mass is 10.1. The SMILES string of the molecule is CCS(=O)(=O)Nc1ccc([C@H](C)NCCCN2CCCC2)cc1. The molecule has 5 nitrogen and oxygen atoms in total. The molecule has 0 unspecified atom stereocenters. The van der Waals surface area contributed by atoms with E-state index in [1.165, 1.54) is 44.5 Å². The highest BCUT2D eigenvalue weighted by atomic mass is 32.2. The first-order chi connectivity index (χ1) is 11.0. The third kappa shape index (κ3) is 6.12. The van der Waals surface area contributed by atoms with Crippen molar-refractivity contribution in [2.45, 2.75) is 39.2 Å². The van der Waals surface area contributed by atoms with Crippen LogP contribution in [-0.4, -0.2) is 45.2 Å². The fraction of sp³-hybridized carbons (Fsp3) is 0.647. The first-order valence-electron chi connectivity index (χ1n) is 8.56. The molecule has 1 aromatic rings. The molecule has 1 aliphatic rings. The van der Waals surface area contributed by atoms with Gasteiger partial charge in [-0.05, 0) is 77.0 Å². The van der Waals surface area contributed by atoms with Gasteiger partial charge in [-0.15, -0.1) is 0 Å². The minimum absolute atomic E-state index is 0.0870. The van der Waals surface area contributed by atoms with E-state index in [2.05, 4.69) is 21.9 Å². The second kappa shape index (κ2) is 8.66. The smallest absolute Gasteiger partial charge is 0.232 e. The molecule has 0 aliphatic carbocycles. The van der Waals surface area contributed by atoms with Crippen molar-refractivity contribution >= 4 is 15.7 Å². The van der Waals surface area contributed by atoms with Crippen molar-refractivity contribution in [3.8, 4) is 0 Å². The van der Waals surface area contributed by atoms with E-state index in [9.17, 15) is 8.42 Å². The molecule has 1 aromatic carbocycles. The lowest BCUT2D eigenvalue weighted by Crippen LogP contribution is -2.26. The van der Waals surface area contributed by atoms with E-state index in [1.807, 2.05) is 24.3 Å².